The maximum Gasteiger partial charge on any atom is 0.244 e. The number of carbonyl (C=O) groups excluding carboxylic acids is 1. The second kappa shape index (κ2) is 8.77. The van der Waals surface area contributed by atoms with Crippen LogP contribution < -0.4 is 14.8 Å². The van der Waals surface area contributed by atoms with E-state index in [0.29, 0.717) is 18.0 Å². The topological polar surface area (TPSA) is 47.6 Å². The van der Waals surface area contributed by atoms with Gasteiger partial charge in [-0.05, 0) is 43.2 Å². The molecule has 126 valence electrons. The predicted molar refractivity (Wildman–Crippen MR) is 96.1 cm³/mol. The monoisotopic (exact) mass is 325 g/mol. The first kappa shape index (κ1) is 17.6. The van der Waals surface area contributed by atoms with E-state index >= 15 is 0 Å². The van der Waals surface area contributed by atoms with E-state index in [2.05, 4.69) is 5.32 Å². The molecule has 0 saturated heterocycles. The molecular formula is C20H23NO3. The molecule has 0 spiro atoms. The molecule has 2 aromatic rings. The van der Waals surface area contributed by atoms with Gasteiger partial charge in [0, 0.05) is 12.6 Å². The first-order chi connectivity index (χ1) is 11.6. The van der Waals surface area contributed by atoms with E-state index in [4.69, 9.17) is 9.47 Å². The summed E-state index contributed by atoms with van der Waals surface area (Å²) in [6, 6.07) is 15.4. The quantitative estimate of drug-likeness (QED) is 0.788. The summed E-state index contributed by atoms with van der Waals surface area (Å²) in [7, 11) is 1.60. The Morgan fingerprint density at radius 3 is 2.54 bits per heavy atom. The van der Waals surface area contributed by atoms with Crippen molar-refractivity contribution in [2.45, 2.75) is 26.5 Å². The summed E-state index contributed by atoms with van der Waals surface area (Å²) < 4.78 is 11.0. The van der Waals surface area contributed by atoms with E-state index in [-0.39, 0.29) is 12.0 Å². The number of amides is 1. The fraction of sp³-hybridized carbons (Fsp3) is 0.250. The Hall–Kier alpha value is -2.75. The summed E-state index contributed by atoms with van der Waals surface area (Å²) in [5, 5.41) is 2.86. The molecule has 2 rings (SSSR count). The number of carbonyl (C=O) groups is 1. The van der Waals surface area contributed by atoms with E-state index in [1.165, 1.54) is 6.08 Å². The van der Waals surface area contributed by atoms with Gasteiger partial charge in [0.05, 0.1) is 13.2 Å². The molecule has 1 N–H and O–H groups in total. The van der Waals surface area contributed by atoms with E-state index in [0.717, 1.165) is 11.1 Å². The van der Waals surface area contributed by atoms with Crippen molar-refractivity contribution in [2.75, 3.05) is 7.11 Å². The number of ether oxygens (including phenoxy) is 2. The normalized spacial score (nSPS) is 10.8. The minimum Gasteiger partial charge on any atom is -0.493 e. The highest BCUT2D eigenvalue weighted by atomic mass is 16.5. The van der Waals surface area contributed by atoms with Crippen LogP contribution in [0.15, 0.2) is 54.6 Å². The van der Waals surface area contributed by atoms with Gasteiger partial charge in [0.2, 0.25) is 5.91 Å². The molecule has 0 aliphatic rings. The average molecular weight is 325 g/mol. The lowest BCUT2D eigenvalue weighted by Gasteiger charge is -2.14. The van der Waals surface area contributed by atoms with Crippen molar-refractivity contribution in [3.05, 3.63) is 65.7 Å². The number of hydrogen-bond donors (Lipinski definition) is 1. The minimum atomic E-state index is -0.139. The van der Waals surface area contributed by atoms with Crippen LogP contribution >= 0.6 is 0 Å². The van der Waals surface area contributed by atoms with Gasteiger partial charge < -0.3 is 14.8 Å². The number of benzene rings is 2. The third-order valence-corrected chi connectivity index (χ3v) is 3.28. The summed E-state index contributed by atoms with van der Waals surface area (Å²) in [4.78, 5) is 11.9. The Bertz CT molecular complexity index is 693. The average Bonchev–Trinajstić information content (AvgIpc) is 2.59. The standard InChI is InChI=1S/C20H23NO3/c1-15(2)24-18-11-9-17(13-19(18)23-3)14-21-20(22)12-10-16-7-5-4-6-8-16/h4-13,15H,14H2,1-3H3,(H,21,22)/b12-10+. The first-order valence-electron chi connectivity index (χ1n) is 7.93. The molecule has 0 bridgehead atoms. The van der Waals surface area contributed by atoms with Gasteiger partial charge in [0.25, 0.3) is 0 Å². The zero-order valence-corrected chi connectivity index (χ0v) is 14.3. The van der Waals surface area contributed by atoms with Crippen molar-refractivity contribution in [3.63, 3.8) is 0 Å². The van der Waals surface area contributed by atoms with Gasteiger partial charge in [-0.15, -0.1) is 0 Å². The van der Waals surface area contributed by atoms with Crippen molar-refractivity contribution in [3.8, 4) is 11.5 Å². The number of nitrogens with one attached hydrogen (secondary N) is 1. The summed E-state index contributed by atoms with van der Waals surface area (Å²) in [6.07, 6.45) is 3.39. The lowest BCUT2D eigenvalue weighted by atomic mass is 10.2. The van der Waals surface area contributed by atoms with Crippen molar-refractivity contribution >= 4 is 12.0 Å². The van der Waals surface area contributed by atoms with Crippen LogP contribution in [-0.4, -0.2) is 19.1 Å². The molecule has 0 aliphatic carbocycles. The molecule has 1 amide bonds. The van der Waals surface area contributed by atoms with Crippen molar-refractivity contribution < 1.29 is 14.3 Å². The Morgan fingerprint density at radius 2 is 1.88 bits per heavy atom. The minimum absolute atomic E-state index is 0.0765. The van der Waals surface area contributed by atoms with Crippen molar-refractivity contribution in [1.29, 1.82) is 0 Å². The molecule has 4 heteroatoms. The van der Waals surface area contributed by atoms with E-state index in [1.807, 2.05) is 62.4 Å². The second-order valence-electron chi connectivity index (χ2n) is 5.61. The molecule has 4 nitrogen and oxygen atoms in total. The second-order valence-corrected chi connectivity index (χ2v) is 5.61. The fourth-order valence-electron chi connectivity index (χ4n) is 2.16. The summed E-state index contributed by atoms with van der Waals surface area (Å²) >= 11 is 0. The van der Waals surface area contributed by atoms with Gasteiger partial charge in [0.1, 0.15) is 0 Å². The molecule has 0 aromatic heterocycles. The molecule has 0 saturated carbocycles. The van der Waals surface area contributed by atoms with Crippen LogP contribution in [0.4, 0.5) is 0 Å². The number of rotatable bonds is 7. The summed E-state index contributed by atoms with van der Waals surface area (Å²) in [6.45, 7) is 4.36. The zero-order chi connectivity index (χ0) is 17.4. The Kier molecular flexibility index (Phi) is 6.43. The van der Waals surface area contributed by atoms with Crippen LogP contribution in [0.5, 0.6) is 11.5 Å². The molecular weight excluding hydrogens is 302 g/mol. The van der Waals surface area contributed by atoms with Gasteiger partial charge in [-0.25, -0.2) is 0 Å². The van der Waals surface area contributed by atoms with Gasteiger partial charge in [-0.2, -0.15) is 0 Å². The molecule has 0 heterocycles. The highest BCUT2D eigenvalue weighted by molar-refractivity contribution is 5.91. The SMILES string of the molecule is COc1cc(CNC(=O)/C=C/c2ccccc2)ccc1OC(C)C. The van der Waals surface area contributed by atoms with Crippen LogP contribution in [-0.2, 0) is 11.3 Å². The Morgan fingerprint density at radius 1 is 1.12 bits per heavy atom. The maximum atomic E-state index is 11.9. The predicted octanol–water partition coefficient (Wildman–Crippen LogP) is 3.81. The fourth-order valence-corrected chi connectivity index (χ4v) is 2.16. The van der Waals surface area contributed by atoms with Crippen LogP contribution in [0.3, 0.4) is 0 Å². The zero-order valence-electron chi connectivity index (χ0n) is 14.3. The molecule has 2 aromatic carbocycles. The van der Waals surface area contributed by atoms with Crippen LogP contribution in [0.2, 0.25) is 0 Å². The smallest absolute Gasteiger partial charge is 0.244 e. The van der Waals surface area contributed by atoms with Crippen molar-refractivity contribution in [1.82, 2.24) is 5.32 Å². The van der Waals surface area contributed by atoms with Gasteiger partial charge in [-0.3, -0.25) is 4.79 Å². The number of hydrogen-bond acceptors (Lipinski definition) is 3. The number of methoxy groups -OCH3 is 1. The van der Waals surface area contributed by atoms with Gasteiger partial charge >= 0.3 is 0 Å². The highest BCUT2D eigenvalue weighted by Crippen LogP contribution is 2.28. The molecule has 24 heavy (non-hydrogen) atoms. The van der Waals surface area contributed by atoms with Crippen LogP contribution in [0.1, 0.15) is 25.0 Å². The van der Waals surface area contributed by atoms with Gasteiger partial charge in [-0.1, -0.05) is 36.4 Å². The Balaban J connectivity index is 1.94. The third kappa shape index (κ3) is 5.47. The third-order valence-electron chi connectivity index (χ3n) is 3.28. The maximum absolute atomic E-state index is 11.9. The molecule has 0 aliphatic heterocycles. The molecule has 0 unspecified atom stereocenters. The lowest BCUT2D eigenvalue weighted by Crippen LogP contribution is -2.20. The van der Waals surface area contributed by atoms with Crippen LogP contribution in [0, 0.1) is 0 Å². The van der Waals surface area contributed by atoms with Crippen molar-refractivity contribution in [2.24, 2.45) is 0 Å². The molecule has 0 fully saturated rings. The highest BCUT2D eigenvalue weighted by Gasteiger charge is 2.08. The van der Waals surface area contributed by atoms with E-state index in [1.54, 1.807) is 13.2 Å². The first-order valence-corrected chi connectivity index (χ1v) is 7.93. The largest absolute Gasteiger partial charge is 0.493 e. The van der Waals surface area contributed by atoms with E-state index < -0.39 is 0 Å². The summed E-state index contributed by atoms with van der Waals surface area (Å²) in [5.74, 6) is 1.22. The lowest BCUT2D eigenvalue weighted by molar-refractivity contribution is -0.116. The van der Waals surface area contributed by atoms with Gasteiger partial charge in [0.15, 0.2) is 11.5 Å². The summed E-state index contributed by atoms with van der Waals surface area (Å²) in [5.41, 5.74) is 1.94. The van der Waals surface area contributed by atoms with Crippen LogP contribution in [0.25, 0.3) is 6.08 Å². The van der Waals surface area contributed by atoms with E-state index in [9.17, 15) is 4.79 Å². The molecule has 0 radical (unpaired) electrons. The Labute approximate surface area is 143 Å². The molecule has 0 atom stereocenters.